The standard InChI is InChI=1S/C14H17NO2/c1-14(2)10-8-9(17-3)4-5-11(10)15-12(14)6-7-13(15)16/h4-5,8,12H,6-7H2,1-3H3. The number of fused-ring (bicyclic) bond motifs is 3. The smallest absolute Gasteiger partial charge is 0.227 e. The molecule has 2 aliphatic rings. The minimum Gasteiger partial charge on any atom is -0.497 e. The summed E-state index contributed by atoms with van der Waals surface area (Å²) >= 11 is 0. The Morgan fingerprint density at radius 1 is 1.41 bits per heavy atom. The quantitative estimate of drug-likeness (QED) is 0.743. The highest BCUT2D eigenvalue weighted by molar-refractivity contribution is 5.99. The van der Waals surface area contributed by atoms with E-state index >= 15 is 0 Å². The molecule has 90 valence electrons. The number of hydrogen-bond acceptors (Lipinski definition) is 2. The Hall–Kier alpha value is -1.51. The summed E-state index contributed by atoms with van der Waals surface area (Å²) in [6, 6.07) is 6.33. The molecule has 0 aliphatic carbocycles. The fourth-order valence-electron chi connectivity index (χ4n) is 3.22. The molecule has 0 saturated carbocycles. The summed E-state index contributed by atoms with van der Waals surface area (Å²) < 4.78 is 5.28. The third-order valence-electron chi connectivity index (χ3n) is 4.20. The molecule has 0 spiro atoms. The second-order valence-corrected chi connectivity index (χ2v) is 5.42. The molecule has 0 N–H and O–H groups in total. The number of carbonyl (C=O) groups excluding carboxylic acids is 1. The van der Waals surface area contributed by atoms with Gasteiger partial charge in [0, 0.05) is 23.6 Å². The van der Waals surface area contributed by atoms with E-state index in [1.165, 1.54) is 5.56 Å². The van der Waals surface area contributed by atoms with Crippen molar-refractivity contribution in [1.82, 2.24) is 0 Å². The first kappa shape index (κ1) is 10.6. The van der Waals surface area contributed by atoms with Gasteiger partial charge in [0.15, 0.2) is 0 Å². The van der Waals surface area contributed by atoms with E-state index in [0.29, 0.717) is 12.5 Å². The Morgan fingerprint density at radius 2 is 2.18 bits per heavy atom. The predicted octanol–water partition coefficient (Wildman–Crippen LogP) is 2.48. The van der Waals surface area contributed by atoms with Crippen LogP contribution in [0.25, 0.3) is 0 Å². The van der Waals surface area contributed by atoms with Crippen molar-refractivity contribution in [3.8, 4) is 5.75 Å². The highest BCUT2D eigenvalue weighted by Gasteiger charge is 2.50. The van der Waals surface area contributed by atoms with Gasteiger partial charge in [-0.15, -0.1) is 0 Å². The Labute approximate surface area is 101 Å². The van der Waals surface area contributed by atoms with E-state index in [2.05, 4.69) is 19.9 Å². The first-order valence-corrected chi connectivity index (χ1v) is 6.06. The fraction of sp³-hybridized carbons (Fsp3) is 0.500. The molecule has 3 nitrogen and oxygen atoms in total. The first-order valence-electron chi connectivity index (χ1n) is 6.06. The van der Waals surface area contributed by atoms with Gasteiger partial charge in [0.2, 0.25) is 5.91 Å². The normalized spacial score (nSPS) is 24.8. The second-order valence-electron chi connectivity index (χ2n) is 5.42. The molecule has 1 aromatic rings. The molecule has 2 aliphatic heterocycles. The maximum absolute atomic E-state index is 12.0. The van der Waals surface area contributed by atoms with E-state index in [9.17, 15) is 4.79 Å². The number of methoxy groups -OCH3 is 1. The molecule has 1 atom stereocenters. The minimum absolute atomic E-state index is 0.0238. The van der Waals surface area contributed by atoms with Crippen LogP contribution in [0.5, 0.6) is 5.75 Å². The van der Waals surface area contributed by atoms with Crippen LogP contribution in [0.15, 0.2) is 18.2 Å². The molecule has 1 aromatic carbocycles. The van der Waals surface area contributed by atoms with Gasteiger partial charge in [-0.2, -0.15) is 0 Å². The summed E-state index contributed by atoms with van der Waals surface area (Å²) in [6.45, 7) is 4.43. The molecule has 1 amide bonds. The Bertz CT molecular complexity index is 493. The summed E-state index contributed by atoms with van der Waals surface area (Å²) in [5, 5.41) is 0. The monoisotopic (exact) mass is 231 g/mol. The molecule has 1 unspecified atom stereocenters. The van der Waals surface area contributed by atoms with Crippen molar-refractivity contribution in [2.45, 2.75) is 38.1 Å². The molecular formula is C14H17NO2. The molecule has 0 aromatic heterocycles. The molecular weight excluding hydrogens is 214 g/mol. The average molecular weight is 231 g/mol. The van der Waals surface area contributed by atoms with Crippen LogP contribution in [0.1, 0.15) is 32.3 Å². The number of carbonyl (C=O) groups is 1. The molecule has 17 heavy (non-hydrogen) atoms. The van der Waals surface area contributed by atoms with Gasteiger partial charge in [0.05, 0.1) is 7.11 Å². The van der Waals surface area contributed by atoms with Crippen molar-refractivity contribution in [2.75, 3.05) is 12.0 Å². The first-order chi connectivity index (χ1) is 8.05. The van der Waals surface area contributed by atoms with Crippen molar-refractivity contribution < 1.29 is 9.53 Å². The minimum atomic E-state index is 0.0238. The zero-order valence-electron chi connectivity index (χ0n) is 10.5. The van der Waals surface area contributed by atoms with Crippen LogP contribution in [0, 0.1) is 0 Å². The number of nitrogens with zero attached hydrogens (tertiary/aromatic N) is 1. The van der Waals surface area contributed by atoms with Crippen LogP contribution in [0.4, 0.5) is 5.69 Å². The lowest BCUT2D eigenvalue weighted by atomic mass is 9.79. The van der Waals surface area contributed by atoms with Crippen LogP contribution >= 0.6 is 0 Å². The van der Waals surface area contributed by atoms with Gasteiger partial charge in [-0.3, -0.25) is 4.79 Å². The number of benzene rings is 1. The van der Waals surface area contributed by atoms with Gasteiger partial charge in [-0.05, 0) is 30.2 Å². The van der Waals surface area contributed by atoms with Crippen molar-refractivity contribution in [3.05, 3.63) is 23.8 Å². The van der Waals surface area contributed by atoms with Crippen LogP contribution in [0.2, 0.25) is 0 Å². The molecule has 2 heterocycles. The SMILES string of the molecule is COc1ccc2c(c1)C(C)(C)C1CCC(=O)N21. The largest absolute Gasteiger partial charge is 0.497 e. The molecule has 1 saturated heterocycles. The van der Waals surface area contributed by atoms with E-state index in [1.54, 1.807) is 7.11 Å². The van der Waals surface area contributed by atoms with E-state index in [1.807, 2.05) is 17.0 Å². The summed E-state index contributed by atoms with van der Waals surface area (Å²) in [6.07, 6.45) is 1.64. The molecule has 0 radical (unpaired) electrons. The highest BCUT2D eigenvalue weighted by atomic mass is 16.5. The van der Waals surface area contributed by atoms with Crippen LogP contribution in [-0.2, 0) is 10.2 Å². The maximum atomic E-state index is 12.0. The number of hydrogen-bond donors (Lipinski definition) is 0. The Kier molecular flexibility index (Phi) is 2.03. The van der Waals surface area contributed by atoms with E-state index in [0.717, 1.165) is 17.9 Å². The molecule has 1 fully saturated rings. The lowest BCUT2D eigenvalue weighted by molar-refractivity contribution is -0.117. The van der Waals surface area contributed by atoms with Gasteiger partial charge >= 0.3 is 0 Å². The van der Waals surface area contributed by atoms with Gasteiger partial charge in [-0.1, -0.05) is 13.8 Å². The number of ether oxygens (including phenoxy) is 1. The maximum Gasteiger partial charge on any atom is 0.227 e. The van der Waals surface area contributed by atoms with E-state index in [4.69, 9.17) is 4.74 Å². The topological polar surface area (TPSA) is 29.5 Å². The Balaban J connectivity index is 2.18. The third kappa shape index (κ3) is 1.25. The molecule has 0 bridgehead atoms. The molecule has 3 rings (SSSR count). The third-order valence-corrected chi connectivity index (χ3v) is 4.20. The van der Waals surface area contributed by atoms with Crippen molar-refractivity contribution in [3.63, 3.8) is 0 Å². The van der Waals surface area contributed by atoms with Gasteiger partial charge in [0.1, 0.15) is 5.75 Å². The average Bonchev–Trinajstić information content (AvgIpc) is 2.79. The van der Waals surface area contributed by atoms with Gasteiger partial charge in [-0.25, -0.2) is 0 Å². The van der Waals surface area contributed by atoms with Crippen LogP contribution in [-0.4, -0.2) is 19.1 Å². The number of amides is 1. The summed E-state index contributed by atoms with van der Waals surface area (Å²) in [5.41, 5.74) is 2.33. The molecule has 3 heteroatoms. The highest BCUT2D eigenvalue weighted by Crippen LogP contribution is 2.50. The number of rotatable bonds is 1. The zero-order valence-corrected chi connectivity index (χ0v) is 10.5. The van der Waals surface area contributed by atoms with Gasteiger partial charge < -0.3 is 9.64 Å². The Morgan fingerprint density at radius 3 is 2.88 bits per heavy atom. The van der Waals surface area contributed by atoms with Crippen molar-refractivity contribution in [2.24, 2.45) is 0 Å². The van der Waals surface area contributed by atoms with Gasteiger partial charge in [0.25, 0.3) is 0 Å². The fourth-order valence-corrected chi connectivity index (χ4v) is 3.22. The second kappa shape index (κ2) is 3.25. The van der Waals surface area contributed by atoms with E-state index < -0.39 is 0 Å². The lowest BCUT2D eigenvalue weighted by Crippen LogP contribution is -2.38. The zero-order chi connectivity index (χ0) is 12.2. The summed E-state index contributed by atoms with van der Waals surface area (Å²) in [7, 11) is 1.68. The van der Waals surface area contributed by atoms with Crippen molar-refractivity contribution in [1.29, 1.82) is 0 Å². The predicted molar refractivity (Wildman–Crippen MR) is 66.5 cm³/mol. The van der Waals surface area contributed by atoms with Crippen molar-refractivity contribution >= 4 is 11.6 Å². The summed E-state index contributed by atoms with van der Waals surface area (Å²) in [5.74, 6) is 1.12. The van der Waals surface area contributed by atoms with E-state index in [-0.39, 0.29) is 11.3 Å². The lowest BCUT2D eigenvalue weighted by Gasteiger charge is -2.27. The summed E-state index contributed by atoms with van der Waals surface area (Å²) in [4.78, 5) is 13.9. The van der Waals surface area contributed by atoms with Crippen LogP contribution < -0.4 is 9.64 Å². The number of anilines is 1. The van der Waals surface area contributed by atoms with Crippen LogP contribution in [0.3, 0.4) is 0 Å².